The Bertz CT molecular complexity index is 1020. The van der Waals surface area contributed by atoms with Gasteiger partial charge in [0, 0.05) is 17.8 Å². The smallest absolute Gasteiger partial charge is 0.242 e. The van der Waals surface area contributed by atoms with Crippen LogP contribution in [0.25, 0.3) is 0 Å². The number of aromatic nitrogens is 1. The second-order valence-corrected chi connectivity index (χ2v) is 7.82. The van der Waals surface area contributed by atoms with Crippen LogP contribution in [0.4, 0.5) is 0 Å². The van der Waals surface area contributed by atoms with Gasteiger partial charge >= 0.3 is 0 Å². The first-order valence-corrected chi connectivity index (χ1v) is 10.7. The molecule has 1 heterocycles. The van der Waals surface area contributed by atoms with Gasteiger partial charge in [0.15, 0.2) is 0 Å². The molecule has 32 heavy (non-hydrogen) atoms. The molecule has 3 aromatic rings. The first-order valence-electron chi connectivity index (χ1n) is 10.3. The van der Waals surface area contributed by atoms with Crippen molar-refractivity contribution in [3.05, 3.63) is 94.8 Å². The number of pyridine rings is 1. The van der Waals surface area contributed by atoms with Gasteiger partial charge in [0.25, 0.3) is 0 Å². The normalized spacial score (nSPS) is 11.5. The Balaban J connectivity index is 1.74. The molecule has 1 N–H and O–H groups in total. The fraction of sp³-hybridized carbons (Fsp3) is 0.240. The average Bonchev–Trinajstić information content (AvgIpc) is 2.83. The maximum absolute atomic E-state index is 13.2. The molecule has 0 radical (unpaired) electrons. The van der Waals surface area contributed by atoms with E-state index >= 15 is 0 Å². The number of ether oxygens (including phenoxy) is 1. The standard InChI is InChI=1S/C25H26ClN3O3/c1-18(25(31)28-16-22-5-3-4-14-27-22)29(17-20-8-12-23(32-2)13-9-20)24(30)15-19-6-10-21(26)11-7-19/h3-14,18H,15-17H2,1-2H3,(H,28,31). The predicted octanol–water partition coefficient (Wildman–Crippen LogP) is 4.02. The third kappa shape index (κ3) is 6.56. The Morgan fingerprint density at radius 2 is 1.72 bits per heavy atom. The Kier molecular flexibility index (Phi) is 8.22. The second kappa shape index (κ2) is 11.3. The SMILES string of the molecule is COc1ccc(CN(C(=O)Cc2ccc(Cl)cc2)C(C)C(=O)NCc2ccccn2)cc1. The van der Waals surface area contributed by atoms with Crippen LogP contribution in [0.3, 0.4) is 0 Å². The molecule has 0 aliphatic carbocycles. The number of halogens is 1. The maximum atomic E-state index is 13.2. The Labute approximate surface area is 193 Å². The zero-order valence-electron chi connectivity index (χ0n) is 18.1. The fourth-order valence-electron chi connectivity index (χ4n) is 3.22. The summed E-state index contributed by atoms with van der Waals surface area (Å²) in [6.45, 7) is 2.33. The lowest BCUT2D eigenvalue weighted by atomic mass is 10.1. The predicted molar refractivity (Wildman–Crippen MR) is 124 cm³/mol. The van der Waals surface area contributed by atoms with Gasteiger partial charge in [-0.1, -0.05) is 41.9 Å². The van der Waals surface area contributed by atoms with Crippen LogP contribution in [0.2, 0.25) is 5.02 Å². The number of amides is 2. The van der Waals surface area contributed by atoms with Crippen molar-refractivity contribution < 1.29 is 14.3 Å². The number of hydrogen-bond donors (Lipinski definition) is 1. The minimum atomic E-state index is -0.666. The quantitative estimate of drug-likeness (QED) is 0.533. The third-order valence-corrected chi connectivity index (χ3v) is 5.37. The van der Waals surface area contributed by atoms with Crippen molar-refractivity contribution in [2.75, 3.05) is 7.11 Å². The first kappa shape index (κ1) is 23.3. The number of hydrogen-bond acceptors (Lipinski definition) is 4. The molecule has 2 amide bonds. The minimum Gasteiger partial charge on any atom is -0.497 e. The van der Waals surface area contributed by atoms with Gasteiger partial charge in [0.05, 0.1) is 25.8 Å². The van der Waals surface area contributed by atoms with Gasteiger partial charge in [-0.2, -0.15) is 0 Å². The summed E-state index contributed by atoms with van der Waals surface area (Å²) >= 11 is 5.96. The summed E-state index contributed by atoms with van der Waals surface area (Å²) in [6.07, 6.45) is 1.85. The van der Waals surface area contributed by atoms with E-state index in [1.54, 1.807) is 37.3 Å². The van der Waals surface area contributed by atoms with Crippen molar-refractivity contribution >= 4 is 23.4 Å². The molecule has 6 nitrogen and oxygen atoms in total. The van der Waals surface area contributed by atoms with Gasteiger partial charge < -0.3 is 15.0 Å². The lowest BCUT2D eigenvalue weighted by Gasteiger charge is -2.29. The van der Waals surface area contributed by atoms with Crippen molar-refractivity contribution in [1.82, 2.24) is 15.2 Å². The molecule has 0 saturated carbocycles. The Morgan fingerprint density at radius 3 is 2.34 bits per heavy atom. The number of carbonyl (C=O) groups excluding carboxylic acids is 2. The molecular formula is C25H26ClN3O3. The number of nitrogens with one attached hydrogen (secondary N) is 1. The van der Waals surface area contributed by atoms with Crippen LogP contribution < -0.4 is 10.1 Å². The van der Waals surface area contributed by atoms with Crippen LogP contribution in [0.15, 0.2) is 72.9 Å². The van der Waals surface area contributed by atoms with Gasteiger partial charge in [0.2, 0.25) is 11.8 Å². The number of nitrogens with zero attached hydrogens (tertiary/aromatic N) is 2. The molecule has 0 bridgehead atoms. The molecule has 1 atom stereocenters. The molecule has 1 aromatic heterocycles. The maximum Gasteiger partial charge on any atom is 0.242 e. The molecule has 0 fully saturated rings. The van der Waals surface area contributed by atoms with Crippen molar-refractivity contribution in [3.63, 3.8) is 0 Å². The summed E-state index contributed by atoms with van der Waals surface area (Å²) in [7, 11) is 1.60. The van der Waals surface area contributed by atoms with Crippen molar-refractivity contribution in [1.29, 1.82) is 0 Å². The van der Waals surface area contributed by atoms with E-state index in [2.05, 4.69) is 10.3 Å². The highest BCUT2D eigenvalue weighted by molar-refractivity contribution is 6.30. The van der Waals surface area contributed by atoms with Crippen LogP contribution in [0, 0.1) is 0 Å². The van der Waals surface area contributed by atoms with Crippen LogP contribution in [-0.4, -0.2) is 34.8 Å². The van der Waals surface area contributed by atoms with Gasteiger partial charge in [-0.15, -0.1) is 0 Å². The van der Waals surface area contributed by atoms with E-state index in [0.717, 1.165) is 22.6 Å². The summed E-state index contributed by atoms with van der Waals surface area (Å²) in [5.74, 6) is 0.339. The highest BCUT2D eigenvalue weighted by Crippen LogP contribution is 2.17. The van der Waals surface area contributed by atoms with E-state index in [-0.39, 0.29) is 18.2 Å². The van der Waals surface area contributed by atoms with E-state index in [1.807, 2.05) is 54.6 Å². The summed E-state index contributed by atoms with van der Waals surface area (Å²) in [6, 6.07) is 19.4. The van der Waals surface area contributed by atoms with Crippen molar-refractivity contribution in [3.8, 4) is 5.75 Å². The molecule has 1 unspecified atom stereocenters. The average molecular weight is 452 g/mol. The van der Waals surface area contributed by atoms with E-state index < -0.39 is 6.04 Å². The van der Waals surface area contributed by atoms with Crippen molar-refractivity contribution in [2.45, 2.75) is 32.5 Å². The highest BCUT2D eigenvalue weighted by atomic mass is 35.5. The molecule has 7 heteroatoms. The number of carbonyl (C=O) groups is 2. The summed E-state index contributed by atoms with van der Waals surface area (Å²) in [5, 5.41) is 3.49. The first-order chi connectivity index (χ1) is 15.5. The number of benzene rings is 2. The largest absolute Gasteiger partial charge is 0.497 e. The molecule has 166 valence electrons. The number of methoxy groups -OCH3 is 1. The Morgan fingerprint density at radius 1 is 1.03 bits per heavy atom. The van der Waals surface area contributed by atoms with Crippen LogP contribution in [0.1, 0.15) is 23.7 Å². The summed E-state index contributed by atoms with van der Waals surface area (Å²) in [5.41, 5.74) is 2.49. The van der Waals surface area contributed by atoms with Crippen LogP contribution in [-0.2, 0) is 29.1 Å². The second-order valence-electron chi connectivity index (χ2n) is 7.39. The monoisotopic (exact) mass is 451 g/mol. The Hall–Kier alpha value is -3.38. The van der Waals surface area contributed by atoms with Gasteiger partial charge in [-0.25, -0.2) is 0 Å². The van der Waals surface area contributed by atoms with E-state index in [9.17, 15) is 9.59 Å². The topological polar surface area (TPSA) is 71.5 Å². The highest BCUT2D eigenvalue weighted by Gasteiger charge is 2.26. The van der Waals surface area contributed by atoms with E-state index in [4.69, 9.17) is 16.3 Å². The molecule has 0 spiro atoms. The van der Waals surface area contributed by atoms with Gasteiger partial charge in [0.1, 0.15) is 11.8 Å². The third-order valence-electron chi connectivity index (χ3n) is 5.12. The van der Waals surface area contributed by atoms with Gasteiger partial charge in [-0.3, -0.25) is 14.6 Å². The lowest BCUT2D eigenvalue weighted by Crippen LogP contribution is -2.48. The zero-order chi connectivity index (χ0) is 22.9. The van der Waals surface area contributed by atoms with Gasteiger partial charge in [-0.05, 0) is 54.4 Å². The van der Waals surface area contributed by atoms with Crippen LogP contribution in [0.5, 0.6) is 5.75 Å². The zero-order valence-corrected chi connectivity index (χ0v) is 18.9. The summed E-state index contributed by atoms with van der Waals surface area (Å²) in [4.78, 5) is 31.9. The molecule has 3 rings (SSSR count). The fourth-order valence-corrected chi connectivity index (χ4v) is 3.34. The van der Waals surface area contributed by atoms with Crippen LogP contribution >= 0.6 is 11.6 Å². The molecule has 0 saturated heterocycles. The minimum absolute atomic E-state index is 0.149. The number of rotatable bonds is 9. The molecule has 2 aromatic carbocycles. The van der Waals surface area contributed by atoms with E-state index in [1.165, 1.54) is 0 Å². The molecule has 0 aliphatic rings. The van der Waals surface area contributed by atoms with E-state index in [0.29, 0.717) is 18.1 Å². The van der Waals surface area contributed by atoms with Crippen molar-refractivity contribution in [2.24, 2.45) is 0 Å². The lowest BCUT2D eigenvalue weighted by molar-refractivity contribution is -0.140. The molecular weight excluding hydrogens is 426 g/mol. The molecule has 0 aliphatic heterocycles. The summed E-state index contributed by atoms with van der Waals surface area (Å²) < 4.78 is 5.21.